The Morgan fingerprint density at radius 2 is 1.82 bits per heavy atom. The molecule has 0 saturated heterocycles. The first kappa shape index (κ1) is 10.5. The van der Waals surface area contributed by atoms with E-state index in [0.29, 0.717) is 6.42 Å². The van der Waals surface area contributed by atoms with Gasteiger partial charge in [-0.3, -0.25) is 0 Å². The average Bonchev–Trinajstić information content (AvgIpc) is 1.99. The van der Waals surface area contributed by atoms with Crippen LogP contribution >= 0.6 is 0 Å². The predicted octanol–water partition coefficient (Wildman–Crippen LogP) is 0.872. The number of hydrogen-bond acceptors (Lipinski definition) is 2. The van der Waals surface area contributed by atoms with Crippen LogP contribution < -0.4 is 11.5 Å². The van der Waals surface area contributed by atoms with Crippen LogP contribution in [0, 0.1) is 0 Å². The Morgan fingerprint density at radius 3 is 2.18 bits per heavy atom. The maximum absolute atomic E-state index is 11.8. The molecule has 0 bridgehead atoms. The lowest BCUT2D eigenvalue weighted by atomic mass is 10.1. The normalized spacial score (nSPS) is 16.5. The Kier molecular flexibility index (Phi) is 4.98. The summed E-state index contributed by atoms with van der Waals surface area (Å²) in [7, 11) is 0. The summed E-state index contributed by atoms with van der Waals surface area (Å²) in [4.78, 5) is 0. The smallest absolute Gasteiger partial charge is 0.253 e. The Labute approximate surface area is 65.3 Å². The first-order valence-electron chi connectivity index (χ1n) is 3.49. The van der Waals surface area contributed by atoms with Crippen molar-refractivity contribution in [2.45, 2.75) is 31.4 Å². The van der Waals surface area contributed by atoms with Gasteiger partial charge in [-0.1, -0.05) is 6.08 Å². The fraction of sp³-hybridized carbons (Fsp3) is 0.714. The second-order valence-electron chi connectivity index (χ2n) is 2.48. The van der Waals surface area contributed by atoms with E-state index < -0.39 is 12.5 Å². The maximum Gasteiger partial charge on any atom is 0.253 e. The highest BCUT2D eigenvalue weighted by molar-refractivity contribution is 4.83. The fourth-order valence-electron chi connectivity index (χ4n) is 0.629. The third-order valence-electron chi connectivity index (χ3n) is 1.46. The molecule has 2 unspecified atom stereocenters. The quantitative estimate of drug-likeness (QED) is 0.592. The van der Waals surface area contributed by atoms with E-state index in [1.165, 1.54) is 6.08 Å². The summed E-state index contributed by atoms with van der Waals surface area (Å²) in [6.45, 7) is 3.43. The molecule has 0 aliphatic heterocycles. The largest absolute Gasteiger partial charge is 0.324 e. The van der Waals surface area contributed by atoms with Crippen molar-refractivity contribution in [3.8, 4) is 0 Å². The van der Waals surface area contributed by atoms with Crippen LogP contribution in [-0.4, -0.2) is 18.5 Å². The molecule has 0 aromatic carbocycles. The molecule has 0 fully saturated rings. The molecular formula is C7H14F2N2. The van der Waals surface area contributed by atoms with Crippen LogP contribution in [-0.2, 0) is 0 Å². The zero-order valence-corrected chi connectivity index (χ0v) is 6.34. The third kappa shape index (κ3) is 4.86. The first-order chi connectivity index (χ1) is 5.07. The van der Waals surface area contributed by atoms with Gasteiger partial charge in [0.1, 0.15) is 0 Å². The summed E-state index contributed by atoms with van der Waals surface area (Å²) < 4.78 is 23.6. The molecule has 66 valence electrons. The van der Waals surface area contributed by atoms with Gasteiger partial charge < -0.3 is 11.5 Å². The summed E-state index contributed by atoms with van der Waals surface area (Å²) in [5.41, 5.74) is 10.5. The molecule has 0 aromatic rings. The van der Waals surface area contributed by atoms with E-state index in [-0.39, 0.29) is 12.5 Å². The lowest BCUT2D eigenvalue weighted by molar-refractivity contribution is 0.111. The second kappa shape index (κ2) is 5.21. The number of hydrogen-bond donors (Lipinski definition) is 2. The molecule has 2 atom stereocenters. The first-order valence-corrected chi connectivity index (χ1v) is 3.49. The minimum atomic E-state index is -2.45. The zero-order chi connectivity index (χ0) is 8.85. The monoisotopic (exact) mass is 164 g/mol. The SMILES string of the molecule is C=CC(N)CCC(N)C(F)F. The highest BCUT2D eigenvalue weighted by Crippen LogP contribution is 2.06. The predicted molar refractivity (Wildman–Crippen MR) is 41.4 cm³/mol. The number of alkyl halides is 2. The van der Waals surface area contributed by atoms with Gasteiger partial charge >= 0.3 is 0 Å². The van der Waals surface area contributed by atoms with E-state index >= 15 is 0 Å². The van der Waals surface area contributed by atoms with Crippen LogP contribution in [0.25, 0.3) is 0 Å². The van der Waals surface area contributed by atoms with Crippen LogP contribution in [0.1, 0.15) is 12.8 Å². The molecular weight excluding hydrogens is 150 g/mol. The van der Waals surface area contributed by atoms with Crippen molar-refractivity contribution in [2.24, 2.45) is 11.5 Å². The van der Waals surface area contributed by atoms with Gasteiger partial charge in [-0.2, -0.15) is 0 Å². The molecule has 0 aliphatic rings. The van der Waals surface area contributed by atoms with Crippen molar-refractivity contribution in [1.29, 1.82) is 0 Å². The summed E-state index contributed by atoms with van der Waals surface area (Å²) in [5.74, 6) is 0. The summed E-state index contributed by atoms with van der Waals surface area (Å²) in [5, 5.41) is 0. The van der Waals surface area contributed by atoms with Gasteiger partial charge in [0.05, 0.1) is 6.04 Å². The average molecular weight is 164 g/mol. The standard InChI is InChI=1S/C7H14F2N2/c1-2-5(10)3-4-6(11)7(8)9/h2,5-7H,1,3-4,10-11H2. The van der Waals surface area contributed by atoms with Gasteiger partial charge in [0.15, 0.2) is 0 Å². The Morgan fingerprint density at radius 1 is 1.27 bits per heavy atom. The molecule has 0 rings (SSSR count). The van der Waals surface area contributed by atoms with Crippen LogP contribution in [0.5, 0.6) is 0 Å². The van der Waals surface area contributed by atoms with Crippen molar-refractivity contribution < 1.29 is 8.78 Å². The molecule has 2 nitrogen and oxygen atoms in total. The van der Waals surface area contributed by atoms with Crippen LogP contribution in [0.15, 0.2) is 12.7 Å². The Hall–Kier alpha value is -0.480. The van der Waals surface area contributed by atoms with Crippen molar-refractivity contribution in [1.82, 2.24) is 0 Å². The minimum Gasteiger partial charge on any atom is -0.324 e. The van der Waals surface area contributed by atoms with Gasteiger partial charge in [0, 0.05) is 6.04 Å². The molecule has 0 radical (unpaired) electrons. The maximum atomic E-state index is 11.8. The fourth-order valence-corrected chi connectivity index (χ4v) is 0.629. The Balaban J connectivity index is 3.45. The highest BCUT2D eigenvalue weighted by atomic mass is 19.3. The van der Waals surface area contributed by atoms with E-state index in [0.717, 1.165) is 0 Å². The van der Waals surface area contributed by atoms with Crippen molar-refractivity contribution in [3.05, 3.63) is 12.7 Å². The molecule has 0 aliphatic carbocycles. The van der Waals surface area contributed by atoms with Gasteiger partial charge in [-0.05, 0) is 12.8 Å². The number of halogens is 2. The van der Waals surface area contributed by atoms with E-state index in [1.807, 2.05) is 0 Å². The van der Waals surface area contributed by atoms with Gasteiger partial charge in [-0.15, -0.1) is 6.58 Å². The molecule has 0 spiro atoms. The van der Waals surface area contributed by atoms with Crippen LogP contribution in [0.4, 0.5) is 8.78 Å². The van der Waals surface area contributed by atoms with Crippen molar-refractivity contribution >= 4 is 0 Å². The molecule has 4 N–H and O–H groups in total. The topological polar surface area (TPSA) is 52.0 Å². The van der Waals surface area contributed by atoms with E-state index in [2.05, 4.69) is 6.58 Å². The van der Waals surface area contributed by atoms with Crippen LogP contribution in [0.2, 0.25) is 0 Å². The summed E-state index contributed by atoms with van der Waals surface area (Å²) >= 11 is 0. The third-order valence-corrected chi connectivity index (χ3v) is 1.46. The summed E-state index contributed by atoms with van der Waals surface area (Å²) in [6.07, 6.45) is -0.218. The van der Waals surface area contributed by atoms with Gasteiger partial charge in [-0.25, -0.2) is 8.78 Å². The highest BCUT2D eigenvalue weighted by Gasteiger charge is 2.14. The lowest BCUT2D eigenvalue weighted by Gasteiger charge is -2.11. The number of nitrogens with two attached hydrogens (primary N) is 2. The molecule has 11 heavy (non-hydrogen) atoms. The van der Waals surface area contributed by atoms with Crippen LogP contribution in [0.3, 0.4) is 0 Å². The zero-order valence-electron chi connectivity index (χ0n) is 6.34. The lowest BCUT2D eigenvalue weighted by Crippen LogP contribution is -2.30. The Bertz CT molecular complexity index is 117. The van der Waals surface area contributed by atoms with E-state index in [1.54, 1.807) is 0 Å². The van der Waals surface area contributed by atoms with E-state index in [4.69, 9.17) is 11.5 Å². The molecule has 0 saturated carbocycles. The molecule has 0 heterocycles. The summed E-state index contributed by atoms with van der Waals surface area (Å²) in [6, 6.07) is -1.28. The minimum absolute atomic E-state index is 0.222. The van der Waals surface area contributed by atoms with Crippen molar-refractivity contribution in [2.75, 3.05) is 0 Å². The molecule has 4 heteroatoms. The van der Waals surface area contributed by atoms with Gasteiger partial charge in [0.2, 0.25) is 0 Å². The molecule has 0 amide bonds. The van der Waals surface area contributed by atoms with E-state index in [9.17, 15) is 8.78 Å². The van der Waals surface area contributed by atoms with Gasteiger partial charge in [0.25, 0.3) is 6.43 Å². The number of rotatable bonds is 5. The second-order valence-corrected chi connectivity index (χ2v) is 2.48. The van der Waals surface area contributed by atoms with Crippen molar-refractivity contribution in [3.63, 3.8) is 0 Å². The molecule has 0 aromatic heterocycles.